The molecular formula is C25H28FN3O3S. The number of amidine groups is 1. The van der Waals surface area contributed by atoms with Crippen LogP contribution in [0.25, 0.3) is 0 Å². The Morgan fingerprint density at radius 3 is 2.64 bits per heavy atom. The molecule has 2 aromatic rings. The normalized spacial score (nSPS) is 23.8. The van der Waals surface area contributed by atoms with Crippen LogP contribution >= 0.6 is 0 Å². The van der Waals surface area contributed by atoms with Crippen LogP contribution in [0.5, 0.6) is 0 Å². The molecule has 3 atom stereocenters. The maximum Gasteiger partial charge on any atom is 0.261 e. The fourth-order valence-corrected chi connectivity index (χ4v) is 5.68. The Labute approximate surface area is 195 Å². The number of benzene rings is 2. The number of rotatable bonds is 3. The monoisotopic (exact) mass is 469 g/mol. The second-order valence-corrected chi connectivity index (χ2v) is 9.36. The summed E-state index contributed by atoms with van der Waals surface area (Å²) in [6.07, 6.45) is 2.45. The molecule has 1 fully saturated rings. The highest BCUT2D eigenvalue weighted by atomic mass is 32.2. The van der Waals surface area contributed by atoms with Gasteiger partial charge in [-0.15, -0.1) is 0 Å². The van der Waals surface area contributed by atoms with E-state index in [1.807, 2.05) is 26.8 Å². The van der Waals surface area contributed by atoms with E-state index in [9.17, 15) is 18.5 Å². The molecule has 33 heavy (non-hydrogen) atoms. The smallest absolute Gasteiger partial charge is 0.261 e. The van der Waals surface area contributed by atoms with Crippen molar-refractivity contribution >= 4 is 28.4 Å². The van der Waals surface area contributed by atoms with Gasteiger partial charge in [-0.3, -0.25) is 4.79 Å². The molecule has 174 valence electrons. The predicted octanol–water partition coefficient (Wildman–Crippen LogP) is 5.03. The van der Waals surface area contributed by atoms with Crippen LogP contribution in [-0.2, 0) is 22.3 Å². The first-order valence-electron chi connectivity index (χ1n) is 11.3. The van der Waals surface area contributed by atoms with Crippen molar-refractivity contribution in [2.24, 2.45) is 10.3 Å². The third kappa shape index (κ3) is 4.31. The maximum absolute atomic E-state index is 13.5. The number of aliphatic hydroxyl groups is 1. The number of nitrogens with one attached hydrogen (secondary N) is 1. The summed E-state index contributed by atoms with van der Waals surface area (Å²) >= 11 is 0. The molecule has 6 nitrogen and oxygen atoms in total. The van der Waals surface area contributed by atoms with Crippen LogP contribution in [0, 0.1) is 18.7 Å². The molecule has 0 bridgehead atoms. The van der Waals surface area contributed by atoms with Crippen molar-refractivity contribution < 1.29 is 18.5 Å². The largest absolute Gasteiger partial charge is 0.511 e. The van der Waals surface area contributed by atoms with Crippen molar-refractivity contribution in [3.8, 4) is 0 Å². The third-order valence-electron chi connectivity index (χ3n) is 6.22. The highest BCUT2D eigenvalue weighted by Crippen LogP contribution is 2.41. The van der Waals surface area contributed by atoms with Gasteiger partial charge in [0.25, 0.3) is 5.91 Å². The van der Waals surface area contributed by atoms with E-state index < -0.39 is 11.0 Å². The average molecular weight is 470 g/mol. The molecule has 1 aliphatic carbocycles. The molecule has 2 heterocycles. The van der Waals surface area contributed by atoms with Crippen molar-refractivity contribution in [3.63, 3.8) is 0 Å². The molecule has 0 radical (unpaired) electrons. The molecule has 0 aromatic heterocycles. The van der Waals surface area contributed by atoms with Gasteiger partial charge in [0.05, 0.1) is 10.6 Å². The van der Waals surface area contributed by atoms with Crippen LogP contribution in [0.3, 0.4) is 0 Å². The molecule has 0 saturated heterocycles. The third-order valence-corrected chi connectivity index (χ3v) is 7.28. The van der Waals surface area contributed by atoms with Gasteiger partial charge < -0.3 is 15.3 Å². The lowest BCUT2D eigenvalue weighted by molar-refractivity contribution is -0.132. The van der Waals surface area contributed by atoms with E-state index in [0.717, 1.165) is 30.4 Å². The zero-order chi connectivity index (χ0) is 23.7. The van der Waals surface area contributed by atoms with Crippen LogP contribution in [0.15, 0.2) is 63.1 Å². The van der Waals surface area contributed by atoms with E-state index in [-0.39, 0.29) is 40.9 Å². The number of amides is 1. The van der Waals surface area contributed by atoms with Gasteiger partial charge in [-0.05, 0) is 55.2 Å². The number of aliphatic hydroxyl groups excluding tert-OH is 1. The SMILES string of the molecule is CC.Cc1ccc2c(c1)S(=O)N=C(C1=C(O)C3CCCC3N(Cc3ccc(F)cc3)C1=O)N2. The second kappa shape index (κ2) is 9.47. The predicted molar refractivity (Wildman–Crippen MR) is 128 cm³/mol. The Hall–Kier alpha value is -3.00. The molecule has 3 unspecified atom stereocenters. The number of halogens is 1. The standard InChI is InChI=1S/C23H22FN3O3S.C2H6/c1-13-5-10-17-19(11-13)31(30)26-22(25-17)20-21(28)16-3-2-4-18(16)27(23(20)29)12-14-6-8-15(24)9-7-14;1-2/h5-11,16,18,28H,2-4,12H2,1H3,(H,25,26);1-2H3. The zero-order valence-electron chi connectivity index (χ0n) is 19.0. The van der Waals surface area contributed by atoms with E-state index >= 15 is 0 Å². The lowest BCUT2D eigenvalue weighted by Gasteiger charge is -2.39. The number of hydrogen-bond acceptors (Lipinski definition) is 4. The van der Waals surface area contributed by atoms with E-state index in [1.54, 1.807) is 29.2 Å². The topological polar surface area (TPSA) is 82.0 Å². The number of anilines is 1. The summed E-state index contributed by atoms with van der Waals surface area (Å²) in [5, 5.41) is 14.1. The van der Waals surface area contributed by atoms with Crippen LogP contribution in [0.2, 0.25) is 0 Å². The Morgan fingerprint density at radius 2 is 1.91 bits per heavy atom. The van der Waals surface area contributed by atoms with Crippen LogP contribution < -0.4 is 5.32 Å². The number of nitrogens with zero attached hydrogens (tertiary/aromatic N) is 2. The first kappa shape index (κ1) is 23.2. The van der Waals surface area contributed by atoms with Gasteiger partial charge in [-0.1, -0.05) is 38.5 Å². The highest BCUT2D eigenvalue weighted by molar-refractivity contribution is 7.84. The molecule has 8 heteroatoms. The van der Waals surface area contributed by atoms with Crippen molar-refractivity contribution in [1.82, 2.24) is 4.90 Å². The summed E-state index contributed by atoms with van der Waals surface area (Å²) in [7, 11) is -1.68. The van der Waals surface area contributed by atoms with Gasteiger partial charge in [-0.25, -0.2) is 8.60 Å². The minimum atomic E-state index is -1.68. The Morgan fingerprint density at radius 1 is 1.18 bits per heavy atom. The van der Waals surface area contributed by atoms with Crippen molar-refractivity contribution in [3.05, 3.63) is 70.7 Å². The molecule has 1 saturated carbocycles. The van der Waals surface area contributed by atoms with Gasteiger partial charge in [0, 0.05) is 18.5 Å². The first-order chi connectivity index (χ1) is 15.9. The van der Waals surface area contributed by atoms with Gasteiger partial charge in [0.15, 0.2) is 16.8 Å². The lowest BCUT2D eigenvalue weighted by Crippen LogP contribution is -2.49. The summed E-state index contributed by atoms with van der Waals surface area (Å²) in [4.78, 5) is 15.8. The molecule has 2 aromatic carbocycles. The number of carbonyl (C=O) groups is 1. The summed E-state index contributed by atoms with van der Waals surface area (Å²) in [6.45, 7) is 6.21. The van der Waals surface area contributed by atoms with Gasteiger partial charge in [0.1, 0.15) is 17.1 Å². The van der Waals surface area contributed by atoms with E-state index in [1.165, 1.54) is 12.1 Å². The summed E-state index contributed by atoms with van der Waals surface area (Å²) in [5.41, 5.74) is 2.46. The fraction of sp³-hybridized carbons (Fsp3) is 0.360. The quantitative estimate of drug-likeness (QED) is 0.661. The zero-order valence-corrected chi connectivity index (χ0v) is 19.8. The van der Waals surface area contributed by atoms with E-state index in [4.69, 9.17) is 0 Å². The number of carbonyl (C=O) groups excluding carboxylic acids is 1. The van der Waals surface area contributed by atoms with Gasteiger partial charge in [0.2, 0.25) is 0 Å². The van der Waals surface area contributed by atoms with Crippen molar-refractivity contribution in [2.45, 2.75) is 57.5 Å². The molecular weight excluding hydrogens is 441 g/mol. The number of hydrogen-bond donors (Lipinski definition) is 2. The summed E-state index contributed by atoms with van der Waals surface area (Å²) < 4.78 is 30.3. The molecule has 0 spiro atoms. The van der Waals surface area contributed by atoms with Crippen LogP contribution in [0.4, 0.5) is 10.1 Å². The summed E-state index contributed by atoms with van der Waals surface area (Å²) in [5.74, 6) is -0.731. The van der Waals surface area contributed by atoms with Gasteiger partial charge in [-0.2, -0.15) is 4.40 Å². The molecule has 1 amide bonds. The number of aryl methyl sites for hydroxylation is 1. The van der Waals surface area contributed by atoms with E-state index in [2.05, 4.69) is 9.71 Å². The first-order valence-corrected chi connectivity index (χ1v) is 12.4. The lowest BCUT2D eigenvalue weighted by atomic mass is 9.89. The van der Waals surface area contributed by atoms with Crippen molar-refractivity contribution in [2.75, 3.05) is 5.32 Å². The highest BCUT2D eigenvalue weighted by Gasteiger charge is 2.46. The maximum atomic E-state index is 13.5. The minimum Gasteiger partial charge on any atom is -0.511 e. The van der Waals surface area contributed by atoms with Gasteiger partial charge >= 0.3 is 0 Å². The Bertz CT molecular complexity index is 1160. The molecule has 3 aliphatic rings. The number of fused-ring (bicyclic) bond motifs is 2. The minimum absolute atomic E-state index is 0.0154. The molecule has 2 aliphatic heterocycles. The average Bonchev–Trinajstić information content (AvgIpc) is 3.30. The van der Waals surface area contributed by atoms with Crippen LogP contribution in [0.1, 0.15) is 44.2 Å². The Kier molecular flexibility index (Phi) is 6.65. The molecule has 2 N–H and O–H groups in total. The Balaban J connectivity index is 0.00000126. The van der Waals surface area contributed by atoms with Crippen molar-refractivity contribution in [1.29, 1.82) is 0 Å². The fourth-order valence-electron chi connectivity index (χ4n) is 4.69. The van der Waals surface area contributed by atoms with E-state index in [0.29, 0.717) is 17.1 Å². The summed E-state index contributed by atoms with van der Waals surface area (Å²) in [6, 6.07) is 11.4. The molecule has 5 rings (SSSR count). The second-order valence-electron chi connectivity index (χ2n) is 8.24. The van der Waals surface area contributed by atoms with Crippen LogP contribution in [-0.4, -0.2) is 32.0 Å².